The largest absolute Gasteiger partial charge is 0.481 e. The van der Waals surface area contributed by atoms with Gasteiger partial charge in [-0.15, -0.1) is 0 Å². The van der Waals surface area contributed by atoms with E-state index in [-0.39, 0.29) is 18.4 Å². The Morgan fingerprint density at radius 1 is 1.41 bits per heavy atom. The van der Waals surface area contributed by atoms with Crippen molar-refractivity contribution in [3.63, 3.8) is 0 Å². The maximum Gasteiger partial charge on any atom is 0.303 e. The summed E-state index contributed by atoms with van der Waals surface area (Å²) in [6.07, 6.45) is 8.93. The lowest BCUT2D eigenvalue weighted by Crippen LogP contribution is -2.41. The topological polar surface area (TPSA) is 68.7 Å². The summed E-state index contributed by atoms with van der Waals surface area (Å²) in [6.45, 7) is 4.45. The number of carboxylic acid groups (broad SMARTS) is 1. The number of ether oxygens (including phenoxy) is 2. The standard InChI is InChI=1S/C17H23NO4/c1-17(2)21-12-14(6-4-3-5-7-15(19)20)16(22-17)13-8-10-18-11-9-13/h3-4,8-11,14,16H,5-7,12H2,1-2H3,(H,19,20)/t14-,16-/m1/s1. The van der Waals surface area contributed by atoms with Crippen molar-refractivity contribution in [2.45, 2.75) is 45.0 Å². The smallest absolute Gasteiger partial charge is 0.303 e. The summed E-state index contributed by atoms with van der Waals surface area (Å²) in [5.41, 5.74) is 1.09. The third-order valence-corrected chi connectivity index (χ3v) is 3.65. The zero-order chi connectivity index (χ0) is 16.0. The first-order valence-corrected chi connectivity index (χ1v) is 7.56. The Bertz CT molecular complexity index is 513. The normalized spacial score (nSPS) is 24.5. The van der Waals surface area contributed by atoms with E-state index in [4.69, 9.17) is 14.6 Å². The maximum absolute atomic E-state index is 10.5. The van der Waals surface area contributed by atoms with Crippen molar-refractivity contribution in [2.24, 2.45) is 5.92 Å². The highest BCUT2D eigenvalue weighted by Gasteiger charge is 2.36. The first-order valence-electron chi connectivity index (χ1n) is 7.56. The molecule has 0 saturated carbocycles. The second kappa shape index (κ2) is 7.51. The number of hydrogen-bond acceptors (Lipinski definition) is 4. The summed E-state index contributed by atoms with van der Waals surface area (Å²) < 4.78 is 11.8. The number of pyridine rings is 1. The van der Waals surface area contributed by atoms with Gasteiger partial charge < -0.3 is 14.6 Å². The zero-order valence-electron chi connectivity index (χ0n) is 13.1. The first-order chi connectivity index (χ1) is 10.5. The van der Waals surface area contributed by atoms with Crippen LogP contribution >= 0.6 is 0 Å². The van der Waals surface area contributed by atoms with Crippen LogP contribution in [0.4, 0.5) is 0 Å². The Hall–Kier alpha value is -1.72. The van der Waals surface area contributed by atoms with Gasteiger partial charge in [0.15, 0.2) is 5.79 Å². The Labute approximate surface area is 131 Å². The van der Waals surface area contributed by atoms with E-state index in [0.717, 1.165) is 12.0 Å². The molecule has 0 unspecified atom stereocenters. The molecule has 2 atom stereocenters. The Kier molecular flexibility index (Phi) is 5.69. The summed E-state index contributed by atoms with van der Waals surface area (Å²) in [4.78, 5) is 14.5. The fourth-order valence-electron chi connectivity index (χ4n) is 2.51. The lowest BCUT2D eigenvalue weighted by atomic mass is 9.92. The minimum atomic E-state index is -0.773. The van der Waals surface area contributed by atoms with Crippen LogP contribution in [0.15, 0.2) is 36.7 Å². The average molecular weight is 305 g/mol. The molecule has 0 aromatic carbocycles. The molecule has 5 nitrogen and oxygen atoms in total. The van der Waals surface area contributed by atoms with Gasteiger partial charge in [-0.1, -0.05) is 12.2 Å². The predicted octanol–water partition coefficient (Wildman–Crippen LogP) is 3.33. The van der Waals surface area contributed by atoms with Crippen molar-refractivity contribution < 1.29 is 19.4 Å². The molecular formula is C17H23NO4. The van der Waals surface area contributed by atoms with Crippen LogP contribution in [-0.4, -0.2) is 28.5 Å². The fourth-order valence-corrected chi connectivity index (χ4v) is 2.51. The van der Waals surface area contributed by atoms with Crippen molar-refractivity contribution in [3.8, 4) is 0 Å². The molecule has 0 amide bonds. The summed E-state index contributed by atoms with van der Waals surface area (Å²) in [6, 6.07) is 3.93. The van der Waals surface area contributed by atoms with Crippen molar-refractivity contribution in [3.05, 3.63) is 42.2 Å². The van der Waals surface area contributed by atoms with Crippen LogP contribution in [0.3, 0.4) is 0 Å². The molecule has 1 aromatic rings. The van der Waals surface area contributed by atoms with E-state index in [2.05, 4.69) is 4.98 Å². The molecule has 1 fully saturated rings. The van der Waals surface area contributed by atoms with Gasteiger partial charge in [0.05, 0.1) is 12.7 Å². The number of nitrogens with zero attached hydrogens (tertiary/aromatic N) is 1. The van der Waals surface area contributed by atoms with E-state index >= 15 is 0 Å². The van der Waals surface area contributed by atoms with Gasteiger partial charge in [0.2, 0.25) is 0 Å². The molecule has 0 aliphatic carbocycles. The number of rotatable bonds is 6. The van der Waals surface area contributed by atoms with Gasteiger partial charge in [-0.2, -0.15) is 0 Å². The van der Waals surface area contributed by atoms with E-state index in [9.17, 15) is 4.79 Å². The van der Waals surface area contributed by atoms with E-state index in [0.29, 0.717) is 13.0 Å². The van der Waals surface area contributed by atoms with E-state index < -0.39 is 11.8 Å². The minimum Gasteiger partial charge on any atom is -0.481 e. The number of aromatic nitrogens is 1. The summed E-state index contributed by atoms with van der Waals surface area (Å²) in [5, 5.41) is 8.63. The average Bonchev–Trinajstić information content (AvgIpc) is 2.48. The molecule has 0 radical (unpaired) electrons. The Morgan fingerprint density at radius 2 is 2.14 bits per heavy atom. The van der Waals surface area contributed by atoms with Crippen LogP contribution in [0.5, 0.6) is 0 Å². The molecule has 1 aliphatic rings. The van der Waals surface area contributed by atoms with Crippen LogP contribution < -0.4 is 0 Å². The molecule has 2 heterocycles. The molecule has 1 aromatic heterocycles. The van der Waals surface area contributed by atoms with Crippen LogP contribution in [0.25, 0.3) is 0 Å². The number of aliphatic carboxylic acids is 1. The highest BCUT2D eigenvalue weighted by molar-refractivity contribution is 5.66. The molecular weight excluding hydrogens is 282 g/mol. The van der Waals surface area contributed by atoms with E-state index in [1.54, 1.807) is 12.4 Å². The number of carboxylic acids is 1. The molecule has 120 valence electrons. The van der Waals surface area contributed by atoms with E-state index in [1.807, 2.05) is 38.1 Å². The van der Waals surface area contributed by atoms with Crippen LogP contribution in [-0.2, 0) is 14.3 Å². The summed E-state index contributed by atoms with van der Waals surface area (Å²) >= 11 is 0. The SMILES string of the molecule is CC1(C)OC[C@@H](CC=CCCC(=O)O)[C@@H](c2ccncc2)O1. The van der Waals surface area contributed by atoms with Crippen molar-refractivity contribution in [2.75, 3.05) is 6.61 Å². The van der Waals surface area contributed by atoms with Gasteiger partial charge in [0.25, 0.3) is 0 Å². The summed E-state index contributed by atoms with van der Waals surface area (Å²) in [5.74, 6) is -1.17. The van der Waals surface area contributed by atoms with Gasteiger partial charge in [0, 0.05) is 24.7 Å². The van der Waals surface area contributed by atoms with Crippen LogP contribution in [0.2, 0.25) is 0 Å². The second-order valence-electron chi connectivity index (χ2n) is 5.93. The van der Waals surface area contributed by atoms with Crippen molar-refractivity contribution in [1.82, 2.24) is 4.98 Å². The van der Waals surface area contributed by atoms with Crippen LogP contribution in [0.1, 0.15) is 44.8 Å². The minimum absolute atomic E-state index is 0.0455. The second-order valence-corrected chi connectivity index (χ2v) is 5.93. The van der Waals surface area contributed by atoms with E-state index in [1.165, 1.54) is 0 Å². The van der Waals surface area contributed by atoms with Crippen molar-refractivity contribution >= 4 is 5.97 Å². The third-order valence-electron chi connectivity index (χ3n) is 3.65. The molecule has 2 rings (SSSR count). The Morgan fingerprint density at radius 3 is 2.82 bits per heavy atom. The predicted molar refractivity (Wildman–Crippen MR) is 82.2 cm³/mol. The monoisotopic (exact) mass is 305 g/mol. The highest BCUT2D eigenvalue weighted by Crippen LogP contribution is 2.38. The molecule has 0 bridgehead atoms. The quantitative estimate of drug-likeness (QED) is 0.816. The van der Waals surface area contributed by atoms with Gasteiger partial charge in [-0.05, 0) is 44.4 Å². The number of carbonyl (C=O) groups is 1. The number of hydrogen-bond donors (Lipinski definition) is 1. The lowest BCUT2D eigenvalue weighted by molar-refractivity contribution is -0.295. The molecule has 22 heavy (non-hydrogen) atoms. The molecule has 1 aliphatic heterocycles. The fraction of sp³-hybridized carbons (Fsp3) is 0.529. The van der Waals surface area contributed by atoms with Crippen LogP contribution in [0, 0.1) is 5.92 Å². The lowest BCUT2D eigenvalue weighted by Gasteiger charge is -2.41. The van der Waals surface area contributed by atoms with Gasteiger partial charge in [-0.3, -0.25) is 9.78 Å². The zero-order valence-corrected chi connectivity index (χ0v) is 13.1. The van der Waals surface area contributed by atoms with Gasteiger partial charge >= 0.3 is 5.97 Å². The number of allylic oxidation sites excluding steroid dienone is 2. The highest BCUT2D eigenvalue weighted by atomic mass is 16.7. The third kappa shape index (κ3) is 4.93. The Balaban J connectivity index is 2.00. The molecule has 1 saturated heterocycles. The molecule has 1 N–H and O–H groups in total. The summed E-state index contributed by atoms with van der Waals surface area (Å²) in [7, 11) is 0. The maximum atomic E-state index is 10.5. The van der Waals surface area contributed by atoms with Gasteiger partial charge in [0.1, 0.15) is 0 Å². The first kappa shape index (κ1) is 16.6. The van der Waals surface area contributed by atoms with Gasteiger partial charge in [-0.25, -0.2) is 0 Å². The molecule has 0 spiro atoms. The molecule has 5 heteroatoms. The van der Waals surface area contributed by atoms with Crippen molar-refractivity contribution in [1.29, 1.82) is 0 Å².